The Morgan fingerprint density at radius 2 is 2.09 bits per heavy atom. The van der Waals surface area contributed by atoms with Crippen molar-refractivity contribution in [3.8, 4) is 0 Å². The molecule has 2 atom stereocenters. The van der Waals surface area contributed by atoms with E-state index in [9.17, 15) is 9.90 Å². The summed E-state index contributed by atoms with van der Waals surface area (Å²) >= 11 is 0. The normalized spacial score (nSPS) is 38.0. The van der Waals surface area contributed by atoms with Crippen LogP contribution in [0, 0.1) is 18.8 Å². The molecule has 5 nitrogen and oxygen atoms in total. The SMILES string of the molecule is CCCn1ncc(C(=O)NC23CC4CC(CC(O)(C4)C2)C3)c1C. The van der Waals surface area contributed by atoms with Crippen molar-refractivity contribution in [3.05, 3.63) is 17.5 Å². The average molecular weight is 317 g/mol. The lowest BCUT2D eigenvalue weighted by molar-refractivity contribution is -0.139. The number of rotatable bonds is 4. The molecule has 2 unspecified atom stereocenters. The Kier molecular flexibility index (Phi) is 3.34. The zero-order chi connectivity index (χ0) is 16.2. The first-order valence-electron chi connectivity index (χ1n) is 8.99. The Labute approximate surface area is 137 Å². The van der Waals surface area contributed by atoms with E-state index < -0.39 is 5.60 Å². The first-order chi connectivity index (χ1) is 10.9. The van der Waals surface area contributed by atoms with Crippen LogP contribution in [0.4, 0.5) is 0 Å². The molecule has 5 heteroatoms. The highest BCUT2D eigenvalue weighted by molar-refractivity contribution is 5.95. The number of nitrogens with zero attached hydrogens (tertiary/aromatic N) is 2. The highest BCUT2D eigenvalue weighted by Gasteiger charge is 2.57. The number of nitrogens with one attached hydrogen (secondary N) is 1. The molecular weight excluding hydrogens is 290 g/mol. The molecule has 5 rings (SSSR count). The molecule has 4 fully saturated rings. The number of aliphatic hydroxyl groups is 1. The van der Waals surface area contributed by atoms with Crippen molar-refractivity contribution in [2.45, 2.75) is 76.5 Å². The van der Waals surface area contributed by atoms with Crippen LogP contribution in [0.2, 0.25) is 0 Å². The van der Waals surface area contributed by atoms with E-state index in [-0.39, 0.29) is 11.4 Å². The van der Waals surface area contributed by atoms with Gasteiger partial charge in [-0.25, -0.2) is 0 Å². The number of hydrogen-bond acceptors (Lipinski definition) is 3. The molecule has 4 aliphatic carbocycles. The summed E-state index contributed by atoms with van der Waals surface area (Å²) in [4.78, 5) is 12.8. The third-order valence-corrected chi connectivity index (χ3v) is 6.19. The zero-order valence-electron chi connectivity index (χ0n) is 14.1. The Morgan fingerprint density at radius 3 is 2.70 bits per heavy atom. The second-order valence-electron chi connectivity index (χ2n) is 8.29. The molecule has 0 aromatic carbocycles. The monoisotopic (exact) mass is 317 g/mol. The van der Waals surface area contributed by atoms with Gasteiger partial charge in [-0.3, -0.25) is 9.48 Å². The minimum Gasteiger partial charge on any atom is -0.390 e. The first kappa shape index (κ1) is 15.2. The third kappa shape index (κ3) is 2.49. The lowest BCUT2D eigenvalue weighted by Gasteiger charge is -2.60. The van der Waals surface area contributed by atoms with Crippen molar-refractivity contribution in [2.75, 3.05) is 0 Å². The van der Waals surface area contributed by atoms with Crippen LogP contribution in [0.5, 0.6) is 0 Å². The maximum Gasteiger partial charge on any atom is 0.255 e. The molecule has 4 aliphatic rings. The van der Waals surface area contributed by atoms with Crippen molar-refractivity contribution in [1.82, 2.24) is 15.1 Å². The molecule has 23 heavy (non-hydrogen) atoms. The summed E-state index contributed by atoms with van der Waals surface area (Å²) in [5.41, 5.74) is 0.877. The van der Waals surface area contributed by atoms with Gasteiger partial charge >= 0.3 is 0 Å². The lowest BCUT2D eigenvalue weighted by atomic mass is 9.51. The van der Waals surface area contributed by atoms with Gasteiger partial charge in [-0.05, 0) is 63.7 Å². The second kappa shape index (κ2) is 5.07. The lowest BCUT2D eigenvalue weighted by Crippen LogP contribution is -2.65. The molecular formula is C18H27N3O2. The maximum atomic E-state index is 12.8. The smallest absolute Gasteiger partial charge is 0.255 e. The molecule has 1 amide bonds. The van der Waals surface area contributed by atoms with Gasteiger partial charge < -0.3 is 10.4 Å². The van der Waals surface area contributed by atoms with Gasteiger partial charge in [0.05, 0.1) is 17.4 Å². The number of aromatic nitrogens is 2. The van der Waals surface area contributed by atoms with E-state index >= 15 is 0 Å². The molecule has 0 spiro atoms. The van der Waals surface area contributed by atoms with Gasteiger partial charge in [0.25, 0.3) is 5.91 Å². The second-order valence-corrected chi connectivity index (χ2v) is 8.29. The van der Waals surface area contributed by atoms with E-state index in [4.69, 9.17) is 0 Å². The standard InChI is InChI=1S/C18H27N3O2/c1-3-4-21-12(2)15(10-19-21)16(22)20-17-6-13-5-14(7-17)9-18(23,8-13)11-17/h10,13-14,23H,3-9,11H2,1-2H3,(H,20,22). The predicted molar refractivity (Wildman–Crippen MR) is 87.1 cm³/mol. The van der Waals surface area contributed by atoms with Crippen molar-refractivity contribution in [1.29, 1.82) is 0 Å². The molecule has 0 radical (unpaired) electrons. The van der Waals surface area contributed by atoms with Crippen LogP contribution < -0.4 is 5.32 Å². The van der Waals surface area contributed by atoms with E-state index in [0.717, 1.165) is 50.8 Å². The van der Waals surface area contributed by atoms with Crippen molar-refractivity contribution in [3.63, 3.8) is 0 Å². The van der Waals surface area contributed by atoms with Gasteiger partial charge in [0.1, 0.15) is 0 Å². The van der Waals surface area contributed by atoms with E-state index in [1.165, 1.54) is 6.42 Å². The summed E-state index contributed by atoms with van der Waals surface area (Å²) in [6.45, 7) is 4.91. The molecule has 1 heterocycles. The Hall–Kier alpha value is -1.36. The van der Waals surface area contributed by atoms with Gasteiger partial charge in [0.15, 0.2) is 0 Å². The van der Waals surface area contributed by atoms with E-state index in [2.05, 4.69) is 17.3 Å². The summed E-state index contributed by atoms with van der Waals surface area (Å²) in [5.74, 6) is 1.13. The maximum absolute atomic E-state index is 12.8. The molecule has 1 aromatic heterocycles. The van der Waals surface area contributed by atoms with Crippen LogP contribution in [0.3, 0.4) is 0 Å². The van der Waals surface area contributed by atoms with E-state index in [1.807, 2.05) is 11.6 Å². The Morgan fingerprint density at radius 1 is 1.39 bits per heavy atom. The van der Waals surface area contributed by atoms with Gasteiger partial charge in [-0.15, -0.1) is 0 Å². The third-order valence-electron chi connectivity index (χ3n) is 6.19. The fourth-order valence-electron chi connectivity index (χ4n) is 5.78. The highest BCUT2D eigenvalue weighted by atomic mass is 16.3. The minimum absolute atomic E-state index is 0.0181. The first-order valence-corrected chi connectivity index (χ1v) is 8.99. The van der Waals surface area contributed by atoms with Crippen molar-refractivity contribution < 1.29 is 9.90 Å². The van der Waals surface area contributed by atoms with Crippen LogP contribution in [-0.2, 0) is 6.54 Å². The summed E-state index contributed by atoms with van der Waals surface area (Å²) in [6, 6.07) is 0. The van der Waals surface area contributed by atoms with Crippen LogP contribution in [0.15, 0.2) is 6.20 Å². The van der Waals surface area contributed by atoms with E-state index in [1.54, 1.807) is 6.20 Å². The number of amides is 1. The zero-order valence-corrected chi connectivity index (χ0v) is 14.1. The summed E-state index contributed by atoms with van der Waals surface area (Å²) in [7, 11) is 0. The molecule has 1 aromatic rings. The van der Waals surface area contributed by atoms with Crippen LogP contribution in [0.25, 0.3) is 0 Å². The number of hydrogen-bond donors (Lipinski definition) is 2. The number of aryl methyl sites for hydroxylation is 1. The van der Waals surface area contributed by atoms with Crippen LogP contribution in [0.1, 0.15) is 67.9 Å². The minimum atomic E-state index is -0.543. The number of carbonyl (C=O) groups excluding carboxylic acids is 1. The summed E-state index contributed by atoms with van der Waals surface area (Å²) in [6.07, 6.45) is 8.55. The topological polar surface area (TPSA) is 67.2 Å². The number of carbonyl (C=O) groups is 1. The van der Waals surface area contributed by atoms with Crippen molar-refractivity contribution in [2.24, 2.45) is 11.8 Å². The van der Waals surface area contributed by atoms with Gasteiger partial charge in [-0.2, -0.15) is 5.10 Å². The highest BCUT2D eigenvalue weighted by Crippen LogP contribution is 2.57. The molecule has 126 valence electrons. The molecule has 4 bridgehead atoms. The molecule has 0 aliphatic heterocycles. The predicted octanol–water partition coefficient (Wildman–Crippen LogP) is 2.42. The molecule has 4 saturated carbocycles. The quantitative estimate of drug-likeness (QED) is 0.896. The van der Waals surface area contributed by atoms with Crippen LogP contribution >= 0.6 is 0 Å². The summed E-state index contributed by atoms with van der Waals surface area (Å²) < 4.78 is 1.90. The van der Waals surface area contributed by atoms with Crippen molar-refractivity contribution >= 4 is 5.91 Å². The average Bonchev–Trinajstić information content (AvgIpc) is 2.77. The largest absolute Gasteiger partial charge is 0.390 e. The van der Waals surface area contributed by atoms with Gasteiger partial charge in [0, 0.05) is 17.8 Å². The molecule has 0 saturated heterocycles. The fourth-order valence-corrected chi connectivity index (χ4v) is 5.78. The summed E-state index contributed by atoms with van der Waals surface area (Å²) in [5, 5.41) is 18.5. The Bertz CT molecular complexity index is 622. The van der Waals surface area contributed by atoms with Crippen LogP contribution in [-0.4, -0.2) is 31.9 Å². The van der Waals surface area contributed by atoms with Gasteiger partial charge in [0.2, 0.25) is 0 Å². The Balaban J connectivity index is 1.55. The van der Waals surface area contributed by atoms with E-state index in [0.29, 0.717) is 17.4 Å². The molecule has 2 N–H and O–H groups in total. The van der Waals surface area contributed by atoms with Gasteiger partial charge in [-0.1, -0.05) is 6.92 Å². The fraction of sp³-hybridized carbons (Fsp3) is 0.778.